The summed E-state index contributed by atoms with van der Waals surface area (Å²) >= 11 is 0. The van der Waals surface area contributed by atoms with E-state index in [1.54, 1.807) is 7.11 Å². The van der Waals surface area contributed by atoms with E-state index in [1.165, 1.54) is 0 Å². The molecule has 5 nitrogen and oxygen atoms in total. The van der Waals surface area contributed by atoms with Crippen molar-refractivity contribution >= 4 is 11.7 Å². The van der Waals surface area contributed by atoms with Gasteiger partial charge in [0.2, 0.25) is 0 Å². The molecule has 0 radical (unpaired) electrons. The van der Waals surface area contributed by atoms with Crippen LogP contribution >= 0.6 is 0 Å². The number of rotatable bonds is 4. The number of hydrogen-bond donors (Lipinski definition) is 2. The van der Waals surface area contributed by atoms with E-state index in [4.69, 9.17) is 4.74 Å². The molecular formula is C21H27N3O2. The molecule has 1 aliphatic heterocycles. The van der Waals surface area contributed by atoms with E-state index in [9.17, 15) is 4.79 Å². The van der Waals surface area contributed by atoms with Gasteiger partial charge in [-0.15, -0.1) is 0 Å². The number of nitrogens with zero attached hydrogens (tertiary/aromatic N) is 1. The van der Waals surface area contributed by atoms with Crippen molar-refractivity contribution < 1.29 is 9.53 Å². The predicted octanol–water partition coefficient (Wildman–Crippen LogP) is 3.97. The van der Waals surface area contributed by atoms with Gasteiger partial charge in [0.1, 0.15) is 5.75 Å². The molecule has 3 rings (SSSR count). The Morgan fingerprint density at radius 3 is 2.81 bits per heavy atom. The summed E-state index contributed by atoms with van der Waals surface area (Å²) in [4.78, 5) is 14.7. The van der Waals surface area contributed by atoms with Crippen LogP contribution in [0.5, 0.6) is 5.75 Å². The minimum absolute atomic E-state index is 0.158. The van der Waals surface area contributed by atoms with Crippen LogP contribution in [-0.2, 0) is 0 Å². The zero-order chi connectivity index (χ0) is 18.5. The second-order valence-corrected chi connectivity index (χ2v) is 6.85. The first kappa shape index (κ1) is 18.3. The van der Waals surface area contributed by atoms with Gasteiger partial charge < -0.3 is 20.3 Å². The number of ether oxygens (including phenoxy) is 1. The van der Waals surface area contributed by atoms with E-state index in [2.05, 4.69) is 29.5 Å². The highest BCUT2D eigenvalue weighted by atomic mass is 16.5. The third-order valence-corrected chi connectivity index (χ3v) is 5.16. The maximum absolute atomic E-state index is 12.4. The fourth-order valence-corrected chi connectivity index (χ4v) is 3.49. The molecule has 26 heavy (non-hydrogen) atoms. The molecule has 138 valence electrons. The number of nitrogens with one attached hydrogen (secondary N) is 2. The quantitative estimate of drug-likeness (QED) is 0.874. The first-order valence-corrected chi connectivity index (χ1v) is 9.09. The van der Waals surface area contributed by atoms with Crippen LogP contribution < -0.4 is 15.4 Å². The van der Waals surface area contributed by atoms with Crippen LogP contribution in [0.2, 0.25) is 0 Å². The average Bonchev–Trinajstić information content (AvgIpc) is 2.65. The molecule has 2 atom stereocenters. The van der Waals surface area contributed by atoms with Gasteiger partial charge in [-0.3, -0.25) is 0 Å². The molecule has 2 amide bonds. The average molecular weight is 353 g/mol. The molecule has 0 aliphatic carbocycles. The molecular weight excluding hydrogens is 326 g/mol. The monoisotopic (exact) mass is 353 g/mol. The van der Waals surface area contributed by atoms with E-state index >= 15 is 0 Å². The first-order valence-electron chi connectivity index (χ1n) is 9.09. The molecule has 0 saturated carbocycles. The third-order valence-electron chi connectivity index (χ3n) is 5.16. The standard InChI is InChI=1S/C21H27N3O2/c1-15-19(11-7-13-24(15)2)23-21(25)22-17-9-6-8-16(14-17)18-10-4-5-12-20(18)26-3/h4-6,8-10,12,14-15,19H,7,11,13H2,1-3H3,(H2,22,23,25). The summed E-state index contributed by atoms with van der Waals surface area (Å²) in [6.07, 6.45) is 2.12. The van der Waals surface area contributed by atoms with Crippen LogP contribution in [0.3, 0.4) is 0 Å². The molecule has 2 unspecified atom stereocenters. The summed E-state index contributed by atoms with van der Waals surface area (Å²) < 4.78 is 5.44. The number of likely N-dealkylation sites (N-methyl/N-ethyl adjacent to an activating group) is 1. The number of piperidine rings is 1. The minimum Gasteiger partial charge on any atom is -0.496 e. The van der Waals surface area contributed by atoms with Crippen LogP contribution in [0.15, 0.2) is 48.5 Å². The highest BCUT2D eigenvalue weighted by Crippen LogP contribution is 2.31. The van der Waals surface area contributed by atoms with Crippen LogP contribution in [0.25, 0.3) is 11.1 Å². The normalized spacial score (nSPS) is 20.4. The Labute approximate surface area is 155 Å². The lowest BCUT2D eigenvalue weighted by molar-refractivity contribution is 0.157. The molecule has 2 aromatic rings. The Kier molecular flexibility index (Phi) is 5.78. The zero-order valence-electron chi connectivity index (χ0n) is 15.7. The Hall–Kier alpha value is -2.53. The summed E-state index contributed by atoms with van der Waals surface area (Å²) in [6.45, 7) is 3.24. The van der Waals surface area contributed by atoms with Gasteiger partial charge in [-0.1, -0.05) is 30.3 Å². The van der Waals surface area contributed by atoms with Crippen LogP contribution in [0.4, 0.5) is 10.5 Å². The summed E-state index contributed by atoms with van der Waals surface area (Å²) in [5.41, 5.74) is 2.77. The maximum Gasteiger partial charge on any atom is 0.319 e. The van der Waals surface area contributed by atoms with Crippen molar-refractivity contribution in [3.63, 3.8) is 0 Å². The predicted molar refractivity (Wildman–Crippen MR) is 106 cm³/mol. The summed E-state index contributed by atoms with van der Waals surface area (Å²) in [5.74, 6) is 0.813. The maximum atomic E-state index is 12.4. The number of para-hydroxylation sites is 1. The van der Waals surface area contributed by atoms with Gasteiger partial charge in [0.05, 0.1) is 7.11 Å². The summed E-state index contributed by atoms with van der Waals surface area (Å²) in [7, 11) is 3.77. The Bertz CT molecular complexity index is 762. The van der Waals surface area contributed by atoms with Crippen molar-refractivity contribution in [1.82, 2.24) is 10.2 Å². The van der Waals surface area contributed by atoms with Gasteiger partial charge in [0.15, 0.2) is 0 Å². The van der Waals surface area contributed by atoms with E-state index in [0.29, 0.717) is 6.04 Å². The van der Waals surface area contributed by atoms with Crippen molar-refractivity contribution in [2.75, 3.05) is 26.0 Å². The van der Waals surface area contributed by atoms with E-state index in [-0.39, 0.29) is 12.1 Å². The van der Waals surface area contributed by atoms with Gasteiger partial charge in [0.25, 0.3) is 0 Å². The van der Waals surface area contributed by atoms with Crippen LogP contribution in [0, 0.1) is 0 Å². The van der Waals surface area contributed by atoms with Gasteiger partial charge in [-0.2, -0.15) is 0 Å². The Morgan fingerprint density at radius 2 is 2.00 bits per heavy atom. The molecule has 1 heterocycles. The van der Waals surface area contributed by atoms with Crippen LogP contribution in [0.1, 0.15) is 19.8 Å². The highest BCUT2D eigenvalue weighted by Gasteiger charge is 2.26. The molecule has 0 aromatic heterocycles. The number of urea groups is 1. The van der Waals surface area contributed by atoms with Crippen molar-refractivity contribution in [3.05, 3.63) is 48.5 Å². The largest absolute Gasteiger partial charge is 0.496 e. The fourth-order valence-electron chi connectivity index (χ4n) is 3.49. The molecule has 5 heteroatoms. The van der Waals surface area contributed by atoms with E-state index in [1.807, 2.05) is 48.5 Å². The number of hydrogen-bond acceptors (Lipinski definition) is 3. The molecule has 2 aromatic carbocycles. The summed E-state index contributed by atoms with van der Waals surface area (Å²) in [6, 6.07) is 16.0. The number of methoxy groups -OCH3 is 1. The molecule has 0 bridgehead atoms. The fraction of sp³-hybridized carbons (Fsp3) is 0.381. The molecule has 1 fully saturated rings. The van der Waals surface area contributed by atoms with Gasteiger partial charge in [0, 0.05) is 23.3 Å². The lowest BCUT2D eigenvalue weighted by Crippen LogP contribution is -2.53. The number of carbonyl (C=O) groups excluding carboxylic acids is 1. The molecule has 2 N–H and O–H groups in total. The van der Waals surface area contributed by atoms with Crippen molar-refractivity contribution in [1.29, 1.82) is 0 Å². The topological polar surface area (TPSA) is 53.6 Å². The summed E-state index contributed by atoms with van der Waals surface area (Å²) in [5, 5.41) is 6.08. The first-order chi connectivity index (χ1) is 12.6. The lowest BCUT2D eigenvalue weighted by Gasteiger charge is -2.37. The zero-order valence-corrected chi connectivity index (χ0v) is 15.7. The molecule has 1 aliphatic rings. The molecule has 1 saturated heterocycles. The van der Waals surface area contributed by atoms with E-state index < -0.39 is 0 Å². The second kappa shape index (κ2) is 8.23. The number of amides is 2. The number of likely N-dealkylation sites (tertiary alicyclic amines) is 1. The number of carbonyl (C=O) groups is 1. The van der Waals surface area contributed by atoms with Crippen LogP contribution in [-0.4, -0.2) is 43.7 Å². The van der Waals surface area contributed by atoms with Gasteiger partial charge in [-0.25, -0.2) is 4.79 Å². The highest BCUT2D eigenvalue weighted by molar-refractivity contribution is 5.90. The number of anilines is 1. The van der Waals surface area contributed by atoms with Crippen molar-refractivity contribution in [2.24, 2.45) is 0 Å². The van der Waals surface area contributed by atoms with Gasteiger partial charge >= 0.3 is 6.03 Å². The Morgan fingerprint density at radius 1 is 1.19 bits per heavy atom. The SMILES string of the molecule is COc1ccccc1-c1cccc(NC(=O)NC2CCCN(C)C2C)c1. The lowest BCUT2D eigenvalue weighted by atomic mass is 9.98. The molecule has 0 spiro atoms. The second-order valence-electron chi connectivity index (χ2n) is 6.85. The van der Waals surface area contributed by atoms with Gasteiger partial charge in [-0.05, 0) is 57.1 Å². The minimum atomic E-state index is -0.158. The van der Waals surface area contributed by atoms with E-state index in [0.717, 1.165) is 42.0 Å². The Balaban J connectivity index is 1.70. The number of benzene rings is 2. The van der Waals surface area contributed by atoms with Crippen molar-refractivity contribution in [3.8, 4) is 16.9 Å². The third kappa shape index (κ3) is 4.17. The van der Waals surface area contributed by atoms with Crippen molar-refractivity contribution in [2.45, 2.75) is 31.8 Å². The smallest absolute Gasteiger partial charge is 0.319 e.